The summed E-state index contributed by atoms with van der Waals surface area (Å²) >= 11 is 0. The molecule has 164 valence electrons. The molecule has 0 spiro atoms. The summed E-state index contributed by atoms with van der Waals surface area (Å²) in [6.07, 6.45) is 6.34. The summed E-state index contributed by atoms with van der Waals surface area (Å²) in [7, 11) is 6.18. The van der Waals surface area contributed by atoms with Crippen molar-refractivity contribution >= 4 is 23.2 Å². The SMILES string of the molecule is CC1C2=C(OC[C@H](C)NCC3C(C=NN3C)c3ccc4n[nH]c(c4c3)/C=C/2)N(C)N1C. The Labute approximate surface area is 183 Å². The van der Waals surface area contributed by atoms with E-state index in [0.29, 0.717) is 6.61 Å². The van der Waals surface area contributed by atoms with Gasteiger partial charge in [-0.1, -0.05) is 6.07 Å². The van der Waals surface area contributed by atoms with Crippen LogP contribution in [0.15, 0.2) is 40.8 Å². The highest BCUT2D eigenvalue weighted by atomic mass is 16.5. The Balaban J connectivity index is 1.60. The van der Waals surface area contributed by atoms with Crippen molar-refractivity contribution in [3.05, 3.63) is 47.0 Å². The van der Waals surface area contributed by atoms with Crippen LogP contribution in [0.25, 0.3) is 17.0 Å². The van der Waals surface area contributed by atoms with E-state index in [-0.39, 0.29) is 24.0 Å². The monoisotopic (exact) mass is 421 g/mol. The van der Waals surface area contributed by atoms with Crippen molar-refractivity contribution < 1.29 is 4.74 Å². The molecule has 4 heterocycles. The highest BCUT2D eigenvalue weighted by Crippen LogP contribution is 2.32. The minimum Gasteiger partial charge on any atom is -0.476 e. The van der Waals surface area contributed by atoms with Crippen molar-refractivity contribution in [1.29, 1.82) is 0 Å². The van der Waals surface area contributed by atoms with Gasteiger partial charge in [0.25, 0.3) is 0 Å². The van der Waals surface area contributed by atoms with Crippen LogP contribution >= 0.6 is 0 Å². The first-order chi connectivity index (χ1) is 14.9. The lowest BCUT2D eigenvalue weighted by Gasteiger charge is -2.28. The number of nitrogens with zero attached hydrogens (tertiary/aromatic N) is 5. The fraction of sp³-hybridized carbons (Fsp3) is 0.478. The fourth-order valence-corrected chi connectivity index (χ4v) is 4.66. The zero-order valence-electron chi connectivity index (χ0n) is 18.8. The Morgan fingerprint density at radius 2 is 1.97 bits per heavy atom. The molecule has 2 aromatic rings. The maximum absolute atomic E-state index is 6.33. The average molecular weight is 422 g/mol. The van der Waals surface area contributed by atoms with Crippen LogP contribution in [-0.2, 0) is 4.74 Å². The number of benzene rings is 1. The van der Waals surface area contributed by atoms with Crippen LogP contribution in [0.3, 0.4) is 0 Å². The van der Waals surface area contributed by atoms with Gasteiger partial charge in [-0.15, -0.1) is 0 Å². The van der Waals surface area contributed by atoms with Crippen LogP contribution in [0.2, 0.25) is 0 Å². The molecule has 4 atom stereocenters. The number of aromatic nitrogens is 2. The minimum atomic E-state index is 0.214. The topological polar surface area (TPSA) is 72.0 Å². The second-order valence-corrected chi connectivity index (χ2v) is 8.83. The van der Waals surface area contributed by atoms with Gasteiger partial charge in [-0.05, 0) is 43.7 Å². The number of hydrogen-bond acceptors (Lipinski definition) is 7. The number of H-pyrrole nitrogens is 1. The predicted molar refractivity (Wildman–Crippen MR) is 123 cm³/mol. The first-order valence-electron chi connectivity index (χ1n) is 10.9. The number of likely N-dealkylation sites (N-methyl/N-ethyl adjacent to an activating group) is 2. The number of ether oxygens (including phenoxy) is 1. The molecule has 0 amide bonds. The molecule has 3 aliphatic rings. The zero-order chi connectivity index (χ0) is 21.7. The molecule has 0 saturated carbocycles. The quantitative estimate of drug-likeness (QED) is 0.681. The first-order valence-corrected chi connectivity index (χ1v) is 10.9. The summed E-state index contributed by atoms with van der Waals surface area (Å²) in [5.41, 5.74) is 4.40. The average Bonchev–Trinajstić information content (AvgIpc) is 3.40. The molecule has 0 aliphatic carbocycles. The third kappa shape index (κ3) is 3.40. The van der Waals surface area contributed by atoms with E-state index in [1.807, 2.05) is 14.1 Å². The van der Waals surface area contributed by atoms with Gasteiger partial charge in [0.2, 0.25) is 5.88 Å². The Bertz CT molecular complexity index is 1070. The Morgan fingerprint density at radius 3 is 2.81 bits per heavy atom. The molecule has 3 unspecified atom stereocenters. The second kappa shape index (κ2) is 7.69. The highest BCUT2D eigenvalue weighted by molar-refractivity contribution is 5.88. The van der Waals surface area contributed by atoms with Crippen molar-refractivity contribution in [3.8, 4) is 0 Å². The number of hydrazine groups is 1. The van der Waals surface area contributed by atoms with E-state index < -0.39 is 0 Å². The van der Waals surface area contributed by atoms with Gasteiger partial charge >= 0.3 is 0 Å². The molecule has 0 saturated heterocycles. The van der Waals surface area contributed by atoms with Crippen molar-refractivity contribution in [2.75, 3.05) is 34.3 Å². The first kappa shape index (κ1) is 20.1. The zero-order valence-corrected chi connectivity index (χ0v) is 18.8. The molecule has 1 aromatic heterocycles. The van der Waals surface area contributed by atoms with Crippen molar-refractivity contribution in [2.45, 2.75) is 37.9 Å². The molecule has 1 aromatic carbocycles. The molecular weight excluding hydrogens is 390 g/mol. The van der Waals surface area contributed by atoms with Crippen LogP contribution < -0.4 is 5.32 Å². The number of hydrazone groups is 1. The number of aromatic amines is 1. The third-order valence-electron chi connectivity index (χ3n) is 6.90. The van der Waals surface area contributed by atoms with Crippen LogP contribution in [0.5, 0.6) is 0 Å². The van der Waals surface area contributed by atoms with Crippen LogP contribution in [0, 0.1) is 0 Å². The molecule has 8 nitrogen and oxygen atoms in total. The number of fused-ring (bicyclic) bond motifs is 3. The molecule has 8 heteroatoms. The van der Waals surface area contributed by atoms with Crippen LogP contribution in [0.4, 0.5) is 0 Å². The molecule has 3 aliphatic heterocycles. The third-order valence-corrected chi connectivity index (χ3v) is 6.90. The summed E-state index contributed by atoms with van der Waals surface area (Å²) in [6, 6.07) is 7.23. The molecule has 2 N–H and O–H groups in total. The van der Waals surface area contributed by atoms with Gasteiger partial charge in [-0.2, -0.15) is 10.2 Å². The molecule has 0 fully saturated rings. The summed E-state index contributed by atoms with van der Waals surface area (Å²) in [4.78, 5) is 0. The van der Waals surface area contributed by atoms with E-state index in [1.54, 1.807) is 0 Å². The van der Waals surface area contributed by atoms with Crippen molar-refractivity contribution in [1.82, 2.24) is 30.5 Å². The number of nitrogens with one attached hydrogen (secondary N) is 2. The second-order valence-electron chi connectivity index (χ2n) is 8.83. The summed E-state index contributed by atoms with van der Waals surface area (Å²) in [6.45, 7) is 5.80. The lowest BCUT2D eigenvalue weighted by Crippen LogP contribution is -2.43. The maximum Gasteiger partial charge on any atom is 0.208 e. The minimum absolute atomic E-state index is 0.214. The number of hydrogen-bond donors (Lipinski definition) is 2. The van der Waals surface area contributed by atoms with Gasteiger partial charge in [0.05, 0.1) is 23.3 Å². The molecule has 2 bridgehead atoms. The van der Waals surface area contributed by atoms with Gasteiger partial charge in [0.1, 0.15) is 6.61 Å². The van der Waals surface area contributed by atoms with E-state index >= 15 is 0 Å². The van der Waals surface area contributed by atoms with Gasteiger partial charge < -0.3 is 10.1 Å². The Morgan fingerprint density at radius 1 is 1.13 bits per heavy atom. The van der Waals surface area contributed by atoms with Gasteiger partial charge in [0.15, 0.2) is 0 Å². The molecule has 5 rings (SSSR count). The lowest BCUT2D eigenvalue weighted by atomic mass is 9.91. The summed E-state index contributed by atoms with van der Waals surface area (Å²) in [5.74, 6) is 1.13. The van der Waals surface area contributed by atoms with Crippen LogP contribution in [0.1, 0.15) is 31.0 Å². The van der Waals surface area contributed by atoms with E-state index in [4.69, 9.17) is 4.74 Å². The summed E-state index contributed by atoms with van der Waals surface area (Å²) < 4.78 is 6.33. The summed E-state index contributed by atoms with van der Waals surface area (Å²) in [5, 5.41) is 23.4. The molecule has 0 radical (unpaired) electrons. The van der Waals surface area contributed by atoms with E-state index in [0.717, 1.165) is 34.6 Å². The highest BCUT2D eigenvalue weighted by Gasteiger charge is 2.33. The van der Waals surface area contributed by atoms with Gasteiger partial charge in [0, 0.05) is 56.8 Å². The van der Waals surface area contributed by atoms with Gasteiger partial charge in [-0.3, -0.25) is 15.1 Å². The smallest absolute Gasteiger partial charge is 0.208 e. The van der Waals surface area contributed by atoms with Crippen molar-refractivity contribution in [3.63, 3.8) is 0 Å². The normalized spacial score (nSPS) is 30.4. The maximum atomic E-state index is 6.33. The molecular formula is C23H31N7O. The molecule has 31 heavy (non-hydrogen) atoms. The Kier molecular flexibility index (Phi) is 4.98. The fourth-order valence-electron chi connectivity index (χ4n) is 4.66. The van der Waals surface area contributed by atoms with Crippen LogP contribution in [-0.4, -0.2) is 83.9 Å². The number of rotatable bonds is 0. The van der Waals surface area contributed by atoms with E-state index in [2.05, 4.69) is 93.1 Å². The Hall–Kier alpha value is -2.84. The largest absolute Gasteiger partial charge is 0.476 e. The van der Waals surface area contributed by atoms with E-state index in [9.17, 15) is 0 Å². The van der Waals surface area contributed by atoms with Crippen molar-refractivity contribution in [2.24, 2.45) is 5.10 Å². The van der Waals surface area contributed by atoms with E-state index in [1.165, 1.54) is 5.56 Å². The predicted octanol–water partition coefficient (Wildman–Crippen LogP) is 2.36. The van der Waals surface area contributed by atoms with Gasteiger partial charge in [-0.25, -0.2) is 5.01 Å². The lowest BCUT2D eigenvalue weighted by molar-refractivity contribution is 0.000287. The standard InChI is InChI=1S/C23H31N7O/c1-14-13-31-23-17(15(2)29(4)30(23)5)7-9-21-18-10-16(6-8-20(18)26-27-21)19-11-25-28(3)22(19)12-24-14/h6-11,14-15,19,22,24H,12-13H2,1-5H3,(H,26,27)/b9-7+/t14-,15?,19?,22?/m0/s1.